The highest BCUT2D eigenvalue weighted by Gasteiger charge is 2.70. The minimum absolute atomic E-state index is 0.0750. The highest BCUT2D eigenvalue weighted by Crippen LogP contribution is 2.67. The Balaban J connectivity index is 1.88. The van der Waals surface area contributed by atoms with Crippen LogP contribution in [0.3, 0.4) is 0 Å². The van der Waals surface area contributed by atoms with Crippen LogP contribution in [0.4, 0.5) is 0 Å². The maximum absolute atomic E-state index is 12.7. The number of hydrogen-bond donors (Lipinski definition) is 0. The van der Waals surface area contributed by atoms with Gasteiger partial charge in [-0.05, 0) is 56.3 Å². The Kier molecular flexibility index (Phi) is 2.24. The zero-order valence-corrected chi connectivity index (χ0v) is 13.6. The van der Waals surface area contributed by atoms with Crippen LogP contribution in [0, 0.1) is 12.3 Å². The molecule has 5 rings (SSSR count). The van der Waals surface area contributed by atoms with Gasteiger partial charge >= 0.3 is 0 Å². The van der Waals surface area contributed by atoms with E-state index in [0.29, 0.717) is 18.2 Å². The minimum Gasteiger partial charge on any atom is -0.481 e. The van der Waals surface area contributed by atoms with Gasteiger partial charge in [0, 0.05) is 18.0 Å². The molecule has 3 nitrogen and oxygen atoms in total. The first-order valence-corrected chi connectivity index (χ1v) is 8.51. The van der Waals surface area contributed by atoms with Gasteiger partial charge in [-0.2, -0.15) is 0 Å². The molecule has 1 aromatic rings. The lowest BCUT2D eigenvalue weighted by Gasteiger charge is -2.63. The van der Waals surface area contributed by atoms with Gasteiger partial charge in [0.05, 0.1) is 5.41 Å². The standard InChI is InChI=1S/C19H23NO2/c1-11-4-5-12-10-14-18(2)7-6-13(21)17-19(18,8-9-20(14)3)15(12)16(11)22-17/h4-5,14,17H,6-10H2,1-3H3/t14-,17-,18-,19-/m0/s1. The van der Waals surface area contributed by atoms with Crippen LogP contribution >= 0.6 is 0 Å². The van der Waals surface area contributed by atoms with Crippen molar-refractivity contribution < 1.29 is 9.53 Å². The van der Waals surface area contributed by atoms with E-state index in [-0.39, 0.29) is 16.9 Å². The number of benzene rings is 1. The van der Waals surface area contributed by atoms with E-state index in [4.69, 9.17) is 4.74 Å². The lowest BCUT2D eigenvalue weighted by molar-refractivity contribution is -0.150. The van der Waals surface area contributed by atoms with Crippen LogP contribution in [0.25, 0.3) is 0 Å². The van der Waals surface area contributed by atoms with E-state index in [9.17, 15) is 4.79 Å². The minimum atomic E-state index is -0.238. The fourth-order valence-corrected chi connectivity index (χ4v) is 6.14. The van der Waals surface area contributed by atoms with E-state index in [1.54, 1.807) is 0 Å². The van der Waals surface area contributed by atoms with Crippen molar-refractivity contribution in [2.24, 2.45) is 5.41 Å². The number of nitrogens with zero attached hydrogens (tertiary/aromatic N) is 1. The average molecular weight is 297 g/mol. The van der Waals surface area contributed by atoms with E-state index in [1.165, 1.54) is 16.7 Å². The Bertz CT molecular complexity index is 712. The predicted molar refractivity (Wildman–Crippen MR) is 84.4 cm³/mol. The molecular formula is C19H23NO2. The summed E-state index contributed by atoms with van der Waals surface area (Å²) in [5.74, 6) is 1.36. The quantitative estimate of drug-likeness (QED) is 0.737. The molecule has 2 aliphatic carbocycles. The number of ether oxygens (including phenoxy) is 1. The summed E-state index contributed by atoms with van der Waals surface area (Å²) in [5, 5.41) is 0. The van der Waals surface area contributed by atoms with Crippen LogP contribution in [0.2, 0.25) is 0 Å². The van der Waals surface area contributed by atoms with E-state index in [0.717, 1.165) is 31.6 Å². The van der Waals surface area contributed by atoms with Crippen molar-refractivity contribution in [1.29, 1.82) is 0 Å². The molecule has 0 unspecified atom stereocenters. The van der Waals surface area contributed by atoms with Gasteiger partial charge in [0.15, 0.2) is 11.9 Å². The number of carbonyl (C=O) groups is 1. The van der Waals surface area contributed by atoms with Crippen molar-refractivity contribution in [3.8, 4) is 5.75 Å². The van der Waals surface area contributed by atoms with Gasteiger partial charge in [0.25, 0.3) is 0 Å². The van der Waals surface area contributed by atoms with Gasteiger partial charge in [-0.25, -0.2) is 0 Å². The van der Waals surface area contributed by atoms with E-state index in [2.05, 4.69) is 37.9 Å². The molecule has 1 saturated carbocycles. The van der Waals surface area contributed by atoms with E-state index >= 15 is 0 Å². The first-order chi connectivity index (χ1) is 10.5. The molecule has 2 heterocycles. The van der Waals surface area contributed by atoms with Crippen molar-refractivity contribution >= 4 is 5.78 Å². The summed E-state index contributed by atoms with van der Waals surface area (Å²) in [6, 6.07) is 4.99. The van der Waals surface area contributed by atoms with Gasteiger partial charge in [-0.1, -0.05) is 19.1 Å². The summed E-state index contributed by atoms with van der Waals surface area (Å²) >= 11 is 0. The normalized spacial score (nSPS) is 42.0. The Morgan fingerprint density at radius 2 is 2.14 bits per heavy atom. The lowest BCUT2D eigenvalue weighted by Crippen LogP contribution is -2.70. The molecule has 4 atom stereocenters. The summed E-state index contributed by atoms with van der Waals surface area (Å²) in [5.41, 5.74) is 4.10. The Labute approximate surface area is 131 Å². The fraction of sp³-hybridized carbons (Fsp3) is 0.632. The molecule has 2 bridgehead atoms. The molecule has 1 aromatic carbocycles. The van der Waals surface area contributed by atoms with Crippen molar-refractivity contribution in [3.63, 3.8) is 0 Å². The predicted octanol–water partition coefficient (Wildman–Crippen LogP) is 2.62. The summed E-state index contributed by atoms with van der Waals surface area (Å²) in [7, 11) is 2.25. The molecular weight excluding hydrogens is 274 g/mol. The molecule has 0 aromatic heterocycles. The zero-order valence-electron chi connectivity index (χ0n) is 13.6. The number of ketones is 1. The molecule has 3 heteroatoms. The van der Waals surface area contributed by atoms with Crippen molar-refractivity contribution in [3.05, 3.63) is 28.8 Å². The zero-order chi connectivity index (χ0) is 15.3. The molecule has 116 valence electrons. The van der Waals surface area contributed by atoms with Crippen LogP contribution in [-0.4, -0.2) is 36.4 Å². The van der Waals surface area contributed by atoms with Crippen LogP contribution in [-0.2, 0) is 16.6 Å². The molecule has 22 heavy (non-hydrogen) atoms. The second-order valence-corrected chi connectivity index (χ2v) is 8.05. The molecule has 1 saturated heterocycles. The third-order valence-corrected chi connectivity index (χ3v) is 7.31. The maximum atomic E-state index is 12.7. The van der Waals surface area contributed by atoms with Crippen molar-refractivity contribution in [1.82, 2.24) is 4.90 Å². The Morgan fingerprint density at radius 3 is 2.95 bits per heavy atom. The van der Waals surface area contributed by atoms with Gasteiger partial charge in [0.2, 0.25) is 0 Å². The Morgan fingerprint density at radius 1 is 1.32 bits per heavy atom. The third kappa shape index (κ3) is 1.16. The maximum Gasteiger partial charge on any atom is 0.174 e. The first-order valence-electron chi connectivity index (χ1n) is 8.51. The molecule has 2 aliphatic heterocycles. The van der Waals surface area contributed by atoms with Gasteiger partial charge in [0.1, 0.15) is 5.75 Å². The fourth-order valence-electron chi connectivity index (χ4n) is 6.14. The van der Waals surface area contributed by atoms with Crippen LogP contribution in [0.5, 0.6) is 5.75 Å². The second kappa shape index (κ2) is 3.76. The number of likely N-dealkylation sites (N-methyl/N-ethyl adjacent to an activating group) is 1. The number of aryl methyl sites for hydroxylation is 1. The smallest absolute Gasteiger partial charge is 0.174 e. The molecule has 1 spiro atoms. The van der Waals surface area contributed by atoms with Crippen LogP contribution < -0.4 is 4.74 Å². The highest BCUT2D eigenvalue weighted by atomic mass is 16.5. The topological polar surface area (TPSA) is 29.5 Å². The summed E-state index contributed by atoms with van der Waals surface area (Å²) in [6.07, 6.45) is 3.60. The number of carbonyl (C=O) groups excluding carboxylic acids is 1. The number of Topliss-reactive ketones (excluding diaryl/α,β-unsaturated/α-hetero) is 1. The number of likely N-dealkylation sites (tertiary alicyclic amines) is 1. The van der Waals surface area contributed by atoms with Crippen molar-refractivity contribution in [2.45, 2.75) is 57.1 Å². The monoisotopic (exact) mass is 297 g/mol. The van der Waals surface area contributed by atoms with Gasteiger partial charge in [-0.15, -0.1) is 0 Å². The molecule has 0 amide bonds. The number of piperidine rings is 1. The van der Waals surface area contributed by atoms with Crippen LogP contribution in [0.1, 0.15) is 42.9 Å². The van der Waals surface area contributed by atoms with Gasteiger partial charge < -0.3 is 9.64 Å². The lowest BCUT2D eigenvalue weighted by atomic mass is 9.44. The summed E-state index contributed by atoms with van der Waals surface area (Å²) in [4.78, 5) is 15.2. The van der Waals surface area contributed by atoms with Crippen molar-refractivity contribution in [2.75, 3.05) is 13.6 Å². The largest absolute Gasteiger partial charge is 0.481 e. The third-order valence-electron chi connectivity index (χ3n) is 7.31. The number of hydrogen-bond acceptors (Lipinski definition) is 3. The van der Waals surface area contributed by atoms with Crippen LogP contribution in [0.15, 0.2) is 12.1 Å². The Hall–Kier alpha value is -1.35. The summed E-state index contributed by atoms with van der Waals surface area (Å²) < 4.78 is 6.35. The summed E-state index contributed by atoms with van der Waals surface area (Å²) in [6.45, 7) is 5.61. The highest BCUT2D eigenvalue weighted by molar-refractivity contribution is 5.89. The molecule has 4 aliphatic rings. The average Bonchev–Trinajstić information content (AvgIpc) is 2.85. The van der Waals surface area contributed by atoms with E-state index in [1.807, 2.05) is 0 Å². The molecule has 0 radical (unpaired) electrons. The molecule has 2 fully saturated rings. The number of rotatable bonds is 0. The molecule has 0 N–H and O–H groups in total. The van der Waals surface area contributed by atoms with E-state index < -0.39 is 0 Å². The SMILES string of the molecule is Cc1ccc2c3c1O[C@H]1C(=O)CC[C@@]4(C)[C@H](C2)N(C)CC[C@]314. The second-order valence-electron chi connectivity index (χ2n) is 8.05. The van der Waals surface area contributed by atoms with Gasteiger partial charge in [-0.3, -0.25) is 4.79 Å². The first kappa shape index (κ1) is 13.1.